The first-order chi connectivity index (χ1) is 11.5. The highest BCUT2D eigenvalue weighted by molar-refractivity contribution is 7.99. The summed E-state index contributed by atoms with van der Waals surface area (Å²) in [6.07, 6.45) is 0.00130. The summed E-state index contributed by atoms with van der Waals surface area (Å²) in [5, 5.41) is 16.0. The summed E-state index contributed by atoms with van der Waals surface area (Å²) in [6, 6.07) is 9.17. The van der Waals surface area contributed by atoms with Crippen LogP contribution in [0.15, 0.2) is 40.4 Å². The number of benzene rings is 1. The Bertz CT molecular complexity index is 722. The zero-order valence-electron chi connectivity index (χ0n) is 14.0. The maximum atomic E-state index is 12.1. The monoisotopic (exact) mass is 380 g/mol. The van der Waals surface area contributed by atoms with E-state index in [-0.39, 0.29) is 24.4 Å². The van der Waals surface area contributed by atoms with E-state index in [1.807, 2.05) is 44.2 Å². The average Bonchev–Trinajstić information content (AvgIpc) is 2.95. The second-order valence-electron chi connectivity index (χ2n) is 5.90. The van der Waals surface area contributed by atoms with Crippen molar-refractivity contribution in [2.75, 3.05) is 11.9 Å². The molecular weight excluding hydrogens is 360 g/mol. The van der Waals surface area contributed by atoms with Gasteiger partial charge >= 0.3 is 0 Å². The van der Waals surface area contributed by atoms with Gasteiger partial charge in [0.1, 0.15) is 0 Å². The molecule has 2 heterocycles. The normalized spacial score (nSPS) is 19.3. The van der Waals surface area contributed by atoms with Crippen molar-refractivity contribution in [1.29, 1.82) is 0 Å². The Labute approximate surface area is 157 Å². The number of rotatable bonds is 4. The van der Waals surface area contributed by atoms with E-state index in [1.165, 1.54) is 11.8 Å². The average molecular weight is 381 g/mol. The number of halogens is 1. The second kappa shape index (κ2) is 8.62. The molecule has 0 aliphatic carbocycles. The third-order valence-corrected chi connectivity index (χ3v) is 4.59. The summed E-state index contributed by atoms with van der Waals surface area (Å²) >= 11 is 1.49. The molecule has 2 atom stereocenters. The van der Waals surface area contributed by atoms with E-state index < -0.39 is 6.10 Å². The van der Waals surface area contributed by atoms with Crippen LogP contribution in [0.3, 0.4) is 0 Å². The lowest BCUT2D eigenvalue weighted by atomic mass is 10.2. The summed E-state index contributed by atoms with van der Waals surface area (Å²) in [6.45, 7) is 4.36. The lowest BCUT2D eigenvalue weighted by Crippen LogP contribution is -2.35. The van der Waals surface area contributed by atoms with Crippen molar-refractivity contribution in [1.82, 2.24) is 15.3 Å². The number of aromatic nitrogens is 2. The molecule has 0 saturated carbocycles. The van der Waals surface area contributed by atoms with Gasteiger partial charge in [0.15, 0.2) is 5.16 Å². The van der Waals surface area contributed by atoms with Crippen LogP contribution in [0.1, 0.15) is 17.8 Å². The van der Waals surface area contributed by atoms with Crippen LogP contribution in [0.2, 0.25) is 0 Å². The van der Waals surface area contributed by atoms with Gasteiger partial charge in [-0.15, -0.1) is 12.4 Å². The van der Waals surface area contributed by atoms with E-state index in [4.69, 9.17) is 0 Å². The fourth-order valence-electron chi connectivity index (χ4n) is 2.60. The maximum Gasteiger partial charge on any atom is 0.241 e. The van der Waals surface area contributed by atoms with E-state index in [9.17, 15) is 9.90 Å². The van der Waals surface area contributed by atoms with Crippen LogP contribution in [0.5, 0.6) is 0 Å². The van der Waals surface area contributed by atoms with Gasteiger partial charge < -0.3 is 15.7 Å². The van der Waals surface area contributed by atoms with Gasteiger partial charge in [-0.3, -0.25) is 4.79 Å². The van der Waals surface area contributed by atoms with E-state index >= 15 is 0 Å². The van der Waals surface area contributed by atoms with E-state index in [2.05, 4.69) is 20.6 Å². The Morgan fingerprint density at radius 3 is 2.44 bits per heavy atom. The van der Waals surface area contributed by atoms with E-state index in [0.717, 1.165) is 22.0 Å². The van der Waals surface area contributed by atoms with Crippen LogP contribution in [0, 0.1) is 13.8 Å². The first-order valence-electron chi connectivity index (χ1n) is 7.82. The smallest absolute Gasteiger partial charge is 0.241 e. The Kier molecular flexibility index (Phi) is 6.78. The molecule has 134 valence electrons. The molecule has 1 aromatic carbocycles. The molecular formula is C17H21ClN4O2S. The number of carbonyl (C=O) groups excluding carboxylic acids is 1. The van der Waals surface area contributed by atoms with E-state index in [0.29, 0.717) is 18.1 Å². The predicted molar refractivity (Wildman–Crippen MR) is 100 cm³/mol. The van der Waals surface area contributed by atoms with Gasteiger partial charge in [0, 0.05) is 28.5 Å². The van der Waals surface area contributed by atoms with Gasteiger partial charge in [-0.1, -0.05) is 0 Å². The lowest BCUT2D eigenvalue weighted by molar-refractivity contribution is -0.117. The Balaban J connectivity index is 0.00000225. The van der Waals surface area contributed by atoms with Crippen molar-refractivity contribution >= 4 is 35.8 Å². The second-order valence-corrected chi connectivity index (χ2v) is 6.94. The molecule has 25 heavy (non-hydrogen) atoms. The molecule has 1 amide bonds. The summed E-state index contributed by atoms with van der Waals surface area (Å²) in [7, 11) is 0. The van der Waals surface area contributed by atoms with Crippen molar-refractivity contribution in [2.24, 2.45) is 0 Å². The third-order valence-electron chi connectivity index (χ3n) is 3.72. The van der Waals surface area contributed by atoms with Crippen LogP contribution >= 0.6 is 24.2 Å². The quantitative estimate of drug-likeness (QED) is 0.706. The van der Waals surface area contributed by atoms with Gasteiger partial charge in [-0.2, -0.15) is 0 Å². The largest absolute Gasteiger partial charge is 0.392 e. The molecule has 0 spiro atoms. The number of nitrogens with one attached hydrogen (secondary N) is 2. The highest BCUT2D eigenvalue weighted by atomic mass is 35.5. The summed E-state index contributed by atoms with van der Waals surface area (Å²) < 4.78 is 0. The molecule has 0 radical (unpaired) electrons. The molecule has 1 aliphatic rings. The van der Waals surface area contributed by atoms with Crippen molar-refractivity contribution in [3.8, 4) is 0 Å². The van der Waals surface area contributed by atoms with Crippen molar-refractivity contribution in [3.63, 3.8) is 0 Å². The number of β-amino-alcohol motifs (C(OH)–C–C–N with tert-alkyl or cyclic N) is 1. The van der Waals surface area contributed by atoms with Crippen molar-refractivity contribution in [3.05, 3.63) is 41.7 Å². The van der Waals surface area contributed by atoms with Gasteiger partial charge in [-0.25, -0.2) is 9.97 Å². The van der Waals surface area contributed by atoms with Crippen LogP contribution in [0.4, 0.5) is 5.69 Å². The number of aliphatic hydroxyl groups excluding tert-OH is 1. The number of aliphatic hydroxyl groups is 1. The fraction of sp³-hybridized carbons (Fsp3) is 0.353. The molecule has 2 aromatic rings. The summed E-state index contributed by atoms with van der Waals surface area (Å²) in [5.74, 6) is -0.121. The number of hydrogen-bond acceptors (Lipinski definition) is 6. The third kappa shape index (κ3) is 5.40. The molecule has 0 bridgehead atoms. The number of anilines is 1. The molecule has 1 fully saturated rings. The zero-order valence-corrected chi connectivity index (χ0v) is 15.7. The first-order valence-corrected chi connectivity index (χ1v) is 8.64. The Hall–Kier alpha value is -1.67. The zero-order chi connectivity index (χ0) is 17.1. The number of nitrogens with zero attached hydrogens (tertiary/aromatic N) is 2. The van der Waals surface area contributed by atoms with Crippen LogP contribution in [-0.4, -0.2) is 39.7 Å². The number of carbonyl (C=O) groups is 1. The molecule has 6 nitrogen and oxygen atoms in total. The molecule has 2 unspecified atom stereocenters. The molecule has 1 aromatic heterocycles. The van der Waals surface area contributed by atoms with Gasteiger partial charge in [0.25, 0.3) is 0 Å². The van der Waals surface area contributed by atoms with Crippen LogP contribution in [0.25, 0.3) is 0 Å². The Morgan fingerprint density at radius 2 is 1.88 bits per heavy atom. The van der Waals surface area contributed by atoms with Crippen LogP contribution < -0.4 is 10.6 Å². The Morgan fingerprint density at radius 1 is 1.24 bits per heavy atom. The molecule has 8 heteroatoms. The van der Waals surface area contributed by atoms with Gasteiger partial charge in [0.2, 0.25) is 5.91 Å². The number of hydrogen-bond donors (Lipinski definition) is 3. The standard InChI is InChI=1S/C17H20N4O2S.ClH/c1-10-7-11(2)20-17(19-10)24-14-5-3-12(4-6-14)21-16(23)15-8-13(22)9-18-15;/h3-7,13,15,18,22H,8-9H2,1-2H3,(H,21,23);1H. The number of aryl methyl sites for hydroxylation is 2. The maximum absolute atomic E-state index is 12.1. The highest BCUT2D eigenvalue weighted by Crippen LogP contribution is 2.26. The summed E-state index contributed by atoms with van der Waals surface area (Å²) in [5.41, 5.74) is 2.62. The number of amides is 1. The first kappa shape index (κ1) is 19.7. The molecule has 1 aliphatic heterocycles. The van der Waals surface area contributed by atoms with Crippen molar-refractivity contribution in [2.45, 2.75) is 42.5 Å². The van der Waals surface area contributed by atoms with E-state index in [1.54, 1.807) is 0 Å². The summed E-state index contributed by atoms with van der Waals surface area (Å²) in [4.78, 5) is 21.9. The molecule has 3 N–H and O–H groups in total. The molecule has 1 saturated heterocycles. The minimum atomic E-state index is -0.447. The minimum absolute atomic E-state index is 0. The fourth-order valence-corrected chi connectivity index (χ4v) is 3.46. The van der Waals surface area contributed by atoms with Crippen molar-refractivity contribution < 1.29 is 9.90 Å². The SMILES string of the molecule is Cc1cc(C)nc(Sc2ccc(NC(=O)C3CC(O)CN3)cc2)n1.Cl. The minimum Gasteiger partial charge on any atom is -0.392 e. The van der Waals surface area contributed by atoms with Gasteiger partial charge in [-0.05, 0) is 62.4 Å². The highest BCUT2D eigenvalue weighted by Gasteiger charge is 2.27. The molecule has 3 rings (SSSR count). The predicted octanol–water partition coefficient (Wildman–Crippen LogP) is 2.33. The van der Waals surface area contributed by atoms with Crippen LogP contribution in [-0.2, 0) is 4.79 Å². The lowest BCUT2D eigenvalue weighted by Gasteiger charge is -2.11. The van der Waals surface area contributed by atoms with Gasteiger partial charge in [0.05, 0.1) is 12.1 Å². The topological polar surface area (TPSA) is 87.1 Å².